The molecule has 6 rings (SSSR count). The topological polar surface area (TPSA) is 4.93 Å². The normalized spacial score (nSPS) is 11.5. The van der Waals surface area contributed by atoms with Gasteiger partial charge in [-0.25, -0.2) is 0 Å². The van der Waals surface area contributed by atoms with E-state index in [4.69, 9.17) is 0 Å². The van der Waals surface area contributed by atoms with Gasteiger partial charge in [-0.3, -0.25) is 0 Å². The molecule has 142 valence electrons. The minimum absolute atomic E-state index is 1.10. The van der Waals surface area contributed by atoms with Crippen molar-refractivity contribution in [3.05, 3.63) is 114 Å². The number of halogens is 1. The second-order valence-corrected chi connectivity index (χ2v) is 8.54. The van der Waals surface area contributed by atoms with E-state index < -0.39 is 0 Å². The van der Waals surface area contributed by atoms with Crippen LogP contribution in [0.15, 0.2) is 114 Å². The Balaban J connectivity index is 1.59. The summed E-state index contributed by atoms with van der Waals surface area (Å²) >= 11 is 3.52. The molecule has 1 nitrogen and oxygen atoms in total. The standard InChI is InChI=1S/C28H18BrN/c29-23-13-9-19(10-14-23)20-11-15-24(16-12-20)30-27-8-4-3-7-25(27)26-17-21-5-1-2-6-22(21)18-28(26)30/h1-18H. The number of nitrogens with zero attached hydrogens (tertiary/aromatic N) is 1. The van der Waals surface area contributed by atoms with Crippen molar-refractivity contribution in [1.29, 1.82) is 0 Å². The van der Waals surface area contributed by atoms with Crippen LogP contribution in [-0.2, 0) is 0 Å². The highest BCUT2D eigenvalue weighted by molar-refractivity contribution is 9.10. The summed E-state index contributed by atoms with van der Waals surface area (Å²) in [6.45, 7) is 0. The number of para-hydroxylation sites is 1. The molecule has 0 radical (unpaired) electrons. The van der Waals surface area contributed by atoms with E-state index in [1.165, 1.54) is 49.4 Å². The van der Waals surface area contributed by atoms with Crippen LogP contribution in [0.3, 0.4) is 0 Å². The summed E-state index contributed by atoms with van der Waals surface area (Å²) in [5.74, 6) is 0. The molecule has 0 spiro atoms. The van der Waals surface area contributed by atoms with E-state index in [0.29, 0.717) is 0 Å². The Bertz CT molecular complexity index is 1520. The van der Waals surface area contributed by atoms with Gasteiger partial charge in [0.15, 0.2) is 0 Å². The van der Waals surface area contributed by atoms with E-state index >= 15 is 0 Å². The molecule has 1 aromatic heterocycles. The van der Waals surface area contributed by atoms with Crippen LogP contribution >= 0.6 is 15.9 Å². The third-order valence-electron chi connectivity index (χ3n) is 5.84. The van der Waals surface area contributed by atoms with Gasteiger partial charge in [-0.2, -0.15) is 0 Å². The molecule has 0 unspecified atom stereocenters. The molecule has 0 aliphatic carbocycles. The van der Waals surface area contributed by atoms with E-state index in [-0.39, 0.29) is 0 Å². The fraction of sp³-hybridized carbons (Fsp3) is 0. The molecule has 2 heteroatoms. The van der Waals surface area contributed by atoms with Gasteiger partial charge in [0, 0.05) is 20.9 Å². The molecule has 0 fully saturated rings. The number of rotatable bonds is 2. The van der Waals surface area contributed by atoms with Gasteiger partial charge in [0.25, 0.3) is 0 Å². The molecular formula is C28H18BrN. The average Bonchev–Trinajstić information content (AvgIpc) is 3.11. The lowest BCUT2D eigenvalue weighted by Crippen LogP contribution is -1.93. The lowest BCUT2D eigenvalue weighted by Gasteiger charge is -2.10. The van der Waals surface area contributed by atoms with Gasteiger partial charge >= 0.3 is 0 Å². The molecule has 0 aliphatic rings. The molecular weight excluding hydrogens is 430 g/mol. The Morgan fingerprint density at radius 1 is 0.500 bits per heavy atom. The van der Waals surface area contributed by atoms with Crippen LogP contribution in [0.2, 0.25) is 0 Å². The van der Waals surface area contributed by atoms with Gasteiger partial charge in [-0.1, -0.05) is 82.7 Å². The highest BCUT2D eigenvalue weighted by atomic mass is 79.9. The number of hydrogen-bond donors (Lipinski definition) is 0. The van der Waals surface area contributed by atoms with Gasteiger partial charge in [-0.15, -0.1) is 0 Å². The summed E-state index contributed by atoms with van der Waals surface area (Å²) in [6, 6.07) is 39.2. The monoisotopic (exact) mass is 447 g/mol. The van der Waals surface area contributed by atoms with Crippen LogP contribution in [0.25, 0.3) is 49.4 Å². The number of fused-ring (bicyclic) bond motifs is 4. The summed E-state index contributed by atoms with van der Waals surface area (Å²) in [5.41, 5.74) is 6.10. The van der Waals surface area contributed by atoms with E-state index in [0.717, 1.165) is 4.47 Å². The Morgan fingerprint density at radius 3 is 1.83 bits per heavy atom. The van der Waals surface area contributed by atoms with Gasteiger partial charge in [-0.05, 0) is 64.4 Å². The highest BCUT2D eigenvalue weighted by Crippen LogP contribution is 2.35. The minimum atomic E-state index is 1.10. The SMILES string of the molecule is Brc1ccc(-c2ccc(-n3c4ccccc4c4cc5ccccc5cc43)cc2)cc1. The lowest BCUT2D eigenvalue weighted by molar-refractivity contribution is 1.18. The number of aromatic nitrogens is 1. The molecule has 0 aliphatic heterocycles. The molecule has 0 atom stereocenters. The molecule has 1 heterocycles. The predicted molar refractivity (Wildman–Crippen MR) is 131 cm³/mol. The van der Waals surface area contributed by atoms with Gasteiger partial charge in [0.1, 0.15) is 0 Å². The molecule has 5 aromatic carbocycles. The first-order valence-electron chi connectivity index (χ1n) is 10.1. The minimum Gasteiger partial charge on any atom is -0.309 e. The van der Waals surface area contributed by atoms with Crippen LogP contribution in [0.1, 0.15) is 0 Å². The van der Waals surface area contributed by atoms with E-state index in [9.17, 15) is 0 Å². The van der Waals surface area contributed by atoms with Crippen molar-refractivity contribution in [3.8, 4) is 16.8 Å². The highest BCUT2D eigenvalue weighted by Gasteiger charge is 2.13. The fourth-order valence-electron chi connectivity index (χ4n) is 4.38. The van der Waals surface area contributed by atoms with Crippen molar-refractivity contribution < 1.29 is 0 Å². The second-order valence-electron chi connectivity index (χ2n) is 7.62. The van der Waals surface area contributed by atoms with Crippen LogP contribution in [0, 0.1) is 0 Å². The van der Waals surface area contributed by atoms with Crippen molar-refractivity contribution in [2.24, 2.45) is 0 Å². The van der Waals surface area contributed by atoms with Crippen LogP contribution < -0.4 is 0 Å². The molecule has 0 saturated carbocycles. The zero-order chi connectivity index (χ0) is 20.1. The predicted octanol–water partition coefficient (Wildman–Crippen LogP) is 8.37. The van der Waals surface area contributed by atoms with Crippen molar-refractivity contribution in [1.82, 2.24) is 4.57 Å². The van der Waals surface area contributed by atoms with Crippen LogP contribution in [-0.4, -0.2) is 4.57 Å². The smallest absolute Gasteiger partial charge is 0.0547 e. The summed E-state index contributed by atoms with van der Waals surface area (Å²) in [5, 5.41) is 5.12. The van der Waals surface area contributed by atoms with Crippen molar-refractivity contribution in [2.45, 2.75) is 0 Å². The maximum atomic E-state index is 3.52. The van der Waals surface area contributed by atoms with Crippen molar-refractivity contribution in [3.63, 3.8) is 0 Å². The molecule has 6 aromatic rings. The largest absolute Gasteiger partial charge is 0.309 e. The first kappa shape index (κ1) is 17.5. The molecule has 0 amide bonds. The Labute approximate surface area is 183 Å². The molecule has 0 N–H and O–H groups in total. The quantitative estimate of drug-likeness (QED) is 0.251. The Kier molecular flexibility index (Phi) is 4.00. The van der Waals surface area contributed by atoms with Crippen molar-refractivity contribution in [2.75, 3.05) is 0 Å². The Hall–Kier alpha value is -3.36. The van der Waals surface area contributed by atoms with Gasteiger partial charge in [0.2, 0.25) is 0 Å². The van der Waals surface area contributed by atoms with Crippen molar-refractivity contribution >= 4 is 48.5 Å². The third-order valence-corrected chi connectivity index (χ3v) is 6.37. The summed E-state index contributed by atoms with van der Waals surface area (Å²) < 4.78 is 3.48. The van der Waals surface area contributed by atoms with Gasteiger partial charge in [0.05, 0.1) is 11.0 Å². The number of benzene rings is 5. The summed E-state index contributed by atoms with van der Waals surface area (Å²) in [4.78, 5) is 0. The molecule has 0 saturated heterocycles. The Morgan fingerprint density at radius 2 is 1.10 bits per heavy atom. The maximum Gasteiger partial charge on any atom is 0.0547 e. The lowest BCUT2D eigenvalue weighted by atomic mass is 10.1. The first-order valence-corrected chi connectivity index (χ1v) is 10.9. The summed E-state index contributed by atoms with van der Waals surface area (Å²) in [6.07, 6.45) is 0. The first-order chi connectivity index (χ1) is 14.8. The molecule has 30 heavy (non-hydrogen) atoms. The van der Waals surface area contributed by atoms with E-state index in [2.05, 4.69) is 130 Å². The van der Waals surface area contributed by atoms with Crippen LogP contribution in [0.5, 0.6) is 0 Å². The number of hydrogen-bond acceptors (Lipinski definition) is 0. The zero-order valence-electron chi connectivity index (χ0n) is 16.2. The van der Waals surface area contributed by atoms with E-state index in [1.54, 1.807) is 0 Å². The second kappa shape index (κ2) is 6.86. The fourth-order valence-corrected chi connectivity index (χ4v) is 4.64. The maximum absolute atomic E-state index is 3.52. The average molecular weight is 448 g/mol. The molecule has 0 bridgehead atoms. The summed E-state index contributed by atoms with van der Waals surface area (Å²) in [7, 11) is 0. The zero-order valence-corrected chi connectivity index (χ0v) is 17.8. The third kappa shape index (κ3) is 2.76. The van der Waals surface area contributed by atoms with E-state index in [1.807, 2.05) is 0 Å². The van der Waals surface area contributed by atoms with Crippen LogP contribution in [0.4, 0.5) is 0 Å². The van der Waals surface area contributed by atoms with Gasteiger partial charge < -0.3 is 4.57 Å².